The minimum atomic E-state index is 0.692. The average molecular weight is 219 g/mol. The monoisotopic (exact) mass is 219 g/mol. The van der Waals surface area contributed by atoms with Crippen LogP contribution < -0.4 is 5.32 Å². The van der Waals surface area contributed by atoms with Crippen molar-refractivity contribution in [2.24, 2.45) is 0 Å². The standard InChI is InChI=1S/C13H21N3/c1-2-6-12(5-1)16-10-15-9-13(16)11-4-3-7-14-8-11/h9-12,14H,1-8H2. The lowest BCUT2D eigenvalue weighted by Gasteiger charge is -2.25. The number of aromatic nitrogens is 2. The smallest absolute Gasteiger partial charge is 0.0950 e. The van der Waals surface area contributed by atoms with E-state index in [2.05, 4.69) is 27.4 Å². The van der Waals surface area contributed by atoms with E-state index in [-0.39, 0.29) is 0 Å². The van der Waals surface area contributed by atoms with Gasteiger partial charge in [-0.1, -0.05) is 12.8 Å². The van der Waals surface area contributed by atoms with E-state index < -0.39 is 0 Å². The van der Waals surface area contributed by atoms with Gasteiger partial charge in [-0.05, 0) is 32.2 Å². The van der Waals surface area contributed by atoms with E-state index in [0.29, 0.717) is 5.92 Å². The molecule has 1 unspecified atom stereocenters. The minimum Gasteiger partial charge on any atom is -0.331 e. The Labute approximate surface area is 97.3 Å². The number of hydrogen-bond donors (Lipinski definition) is 1. The van der Waals surface area contributed by atoms with Gasteiger partial charge in [0, 0.05) is 30.4 Å². The molecule has 0 radical (unpaired) electrons. The Bertz CT molecular complexity index is 333. The molecule has 3 heteroatoms. The molecule has 3 nitrogen and oxygen atoms in total. The fourth-order valence-electron chi connectivity index (χ4n) is 3.22. The molecule has 1 atom stereocenters. The Kier molecular flexibility index (Phi) is 2.96. The van der Waals surface area contributed by atoms with E-state index in [9.17, 15) is 0 Å². The maximum Gasteiger partial charge on any atom is 0.0950 e. The zero-order valence-corrected chi connectivity index (χ0v) is 9.86. The topological polar surface area (TPSA) is 29.9 Å². The third kappa shape index (κ3) is 1.88. The molecule has 1 aliphatic carbocycles. The van der Waals surface area contributed by atoms with Crippen LogP contribution in [0.15, 0.2) is 12.5 Å². The van der Waals surface area contributed by atoms with Gasteiger partial charge in [0.1, 0.15) is 0 Å². The van der Waals surface area contributed by atoms with E-state index >= 15 is 0 Å². The van der Waals surface area contributed by atoms with Crippen molar-refractivity contribution in [3.63, 3.8) is 0 Å². The zero-order valence-electron chi connectivity index (χ0n) is 9.86. The molecule has 2 aliphatic rings. The van der Waals surface area contributed by atoms with Crippen molar-refractivity contribution in [2.45, 2.75) is 50.5 Å². The average Bonchev–Trinajstić information content (AvgIpc) is 3.01. The van der Waals surface area contributed by atoms with Gasteiger partial charge in [0.05, 0.1) is 6.33 Å². The molecule has 0 amide bonds. The first-order valence-electron chi connectivity index (χ1n) is 6.67. The van der Waals surface area contributed by atoms with Crippen molar-refractivity contribution in [3.05, 3.63) is 18.2 Å². The highest BCUT2D eigenvalue weighted by Gasteiger charge is 2.24. The third-order valence-electron chi connectivity index (χ3n) is 4.13. The largest absolute Gasteiger partial charge is 0.331 e. The van der Waals surface area contributed by atoms with E-state index in [1.807, 2.05) is 0 Å². The SMILES string of the molecule is c1ncn(C2CCCC2)c1C1CCCNC1. The Hall–Kier alpha value is -0.830. The Morgan fingerprint density at radius 2 is 2.06 bits per heavy atom. The van der Waals surface area contributed by atoms with Gasteiger partial charge in [-0.2, -0.15) is 0 Å². The van der Waals surface area contributed by atoms with Gasteiger partial charge in [-0.15, -0.1) is 0 Å². The second-order valence-corrected chi connectivity index (χ2v) is 5.21. The van der Waals surface area contributed by atoms with Gasteiger partial charge in [0.2, 0.25) is 0 Å². The highest BCUT2D eigenvalue weighted by atomic mass is 15.1. The summed E-state index contributed by atoms with van der Waals surface area (Å²) < 4.78 is 2.46. The van der Waals surface area contributed by atoms with Crippen LogP contribution >= 0.6 is 0 Å². The van der Waals surface area contributed by atoms with Crippen molar-refractivity contribution in [1.29, 1.82) is 0 Å². The van der Waals surface area contributed by atoms with Crippen LogP contribution in [0.1, 0.15) is 56.2 Å². The van der Waals surface area contributed by atoms with Crippen molar-refractivity contribution < 1.29 is 0 Å². The normalized spacial score (nSPS) is 27.4. The molecule has 0 bridgehead atoms. The first-order valence-corrected chi connectivity index (χ1v) is 6.67. The molecule has 1 aliphatic heterocycles. The second-order valence-electron chi connectivity index (χ2n) is 5.21. The van der Waals surface area contributed by atoms with E-state index in [4.69, 9.17) is 0 Å². The summed E-state index contributed by atoms with van der Waals surface area (Å²) in [7, 11) is 0. The Balaban J connectivity index is 1.80. The first kappa shape index (κ1) is 10.3. The van der Waals surface area contributed by atoms with Gasteiger partial charge < -0.3 is 9.88 Å². The van der Waals surface area contributed by atoms with Crippen LogP contribution in [0.5, 0.6) is 0 Å². The molecule has 3 rings (SSSR count). The second kappa shape index (κ2) is 4.58. The predicted molar refractivity (Wildman–Crippen MR) is 64.6 cm³/mol. The molecule has 1 aromatic heterocycles. The summed E-state index contributed by atoms with van der Waals surface area (Å²) in [5, 5.41) is 3.50. The molecule has 2 heterocycles. The lowest BCUT2D eigenvalue weighted by Crippen LogP contribution is -2.29. The third-order valence-corrected chi connectivity index (χ3v) is 4.13. The highest BCUT2D eigenvalue weighted by molar-refractivity contribution is 5.10. The molecule has 88 valence electrons. The van der Waals surface area contributed by atoms with Gasteiger partial charge in [-0.3, -0.25) is 0 Å². The van der Waals surface area contributed by atoms with Gasteiger partial charge in [-0.25, -0.2) is 4.98 Å². The van der Waals surface area contributed by atoms with Gasteiger partial charge in [0.15, 0.2) is 0 Å². The molecular formula is C13H21N3. The summed E-state index contributed by atoms with van der Waals surface area (Å²) in [6.45, 7) is 2.33. The molecule has 1 aromatic rings. The molecule has 0 spiro atoms. The number of rotatable bonds is 2. The van der Waals surface area contributed by atoms with Crippen LogP contribution in [-0.2, 0) is 0 Å². The van der Waals surface area contributed by atoms with Crippen molar-refractivity contribution in [1.82, 2.24) is 14.9 Å². The summed E-state index contributed by atoms with van der Waals surface area (Å²) in [6, 6.07) is 0.736. The van der Waals surface area contributed by atoms with Crippen molar-refractivity contribution in [2.75, 3.05) is 13.1 Å². The van der Waals surface area contributed by atoms with Gasteiger partial charge in [0.25, 0.3) is 0 Å². The Morgan fingerprint density at radius 1 is 1.19 bits per heavy atom. The predicted octanol–water partition coefficient (Wildman–Crippen LogP) is 2.47. The number of nitrogens with one attached hydrogen (secondary N) is 1. The molecule has 0 aromatic carbocycles. The number of nitrogens with zero attached hydrogens (tertiary/aromatic N) is 2. The summed E-state index contributed by atoms with van der Waals surface area (Å²) in [5.41, 5.74) is 1.47. The number of hydrogen-bond acceptors (Lipinski definition) is 2. The Morgan fingerprint density at radius 3 is 2.81 bits per heavy atom. The zero-order chi connectivity index (χ0) is 10.8. The number of imidazole rings is 1. The highest BCUT2D eigenvalue weighted by Crippen LogP contribution is 2.33. The lowest BCUT2D eigenvalue weighted by atomic mass is 9.96. The van der Waals surface area contributed by atoms with Gasteiger partial charge >= 0.3 is 0 Å². The molecule has 16 heavy (non-hydrogen) atoms. The molecule has 1 saturated heterocycles. The summed E-state index contributed by atoms with van der Waals surface area (Å²) >= 11 is 0. The minimum absolute atomic E-state index is 0.692. The van der Waals surface area contributed by atoms with Crippen molar-refractivity contribution in [3.8, 4) is 0 Å². The summed E-state index contributed by atoms with van der Waals surface area (Å²) in [6.07, 6.45) is 12.3. The fraction of sp³-hybridized carbons (Fsp3) is 0.769. The van der Waals surface area contributed by atoms with Crippen LogP contribution in [-0.4, -0.2) is 22.6 Å². The quantitative estimate of drug-likeness (QED) is 0.828. The van der Waals surface area contributed by atoms with E-state index in [0.717, 1.165) is 12.6 Å². The van der Waals surface area contributed by atoms with E-state index in [1.165, 1.54) is 50.8 Å². The summed E-state index contributed by atoms with van der Waals surface area (Å²) in [5.74, 6) is 0.692. The number of piperidine rings is 1. The molecule has 1 N–H and O–H groups in total. The molecular weight excluding hydrogens is 198 g/mol. The fourth-order valence-corrected chi connectivity index (χ4v) is 3.22. The summed E-state index contributed by atoms with van der Waals surface area (Å²) in [4.78, 5) is 4.38. The molecule has 2 fully saturated rings. The van der Waals surface area contributed by atoms with Crippen LogP contribution in [0.2, 0.25) is 0 Å². The maximum atomic E-state index is 4.38. The van der Waals surface area contributed by atoms with Crippen LogP contribution in [0, 0.1) is 0 Å². The maximum absolute atomic E-state index is 4.38. The lowest BCUT2D eigenvalue weighted by molar-refractivity contribution is 0.417. The molecule has 1 saturated carbocycles. The van der Waals surface area contributed by atoms with Crippen LogP contribution in [0.4, 0.5) is 0 Å². The van der Waals surface area contributed by atoms with Crippen LogP contribution in [0.3, 0.4) is 0 Å². The van der Waals surface area contributed by atoms with Crippen LogP contribution in [0.25, 0.3) is 0 Å². The van der Waals surface area contributed by atoms with E-state index in [1.54, 1.807) is 0 Å². The van der Waals surface area contributed by atoms with Crippen molar-refractivity contribution >= 4 is 0 Å². The first-order chi connectivity index (χ1) is 7.95.